The summed E-state index contributed by atoms with van der Waals surface area (Å²) < 4.78 is 0. The first-order chi connectivity index (χ1) is 6.00. The average molecular weight is 160 g/mol. The Morgan fingerprint density at radius 2 is 0.917 bits per heavy atom. The molecule has 0 aromatic heterocycles. The zero-order valence-corrected chi connectivity index (χ0v) is 7.45. The van der Waals surface area contributed by atoms with Gasteiger partial charge in [0.2, 0.25) is 0 Å². The Hall–Kier alpha value is -1.04. The van der Waals surface area contributed by atoms with Crippen LogP contribution in [-0.4, -0.2) is 0 Å². The third-order valence-electron chi connectivity index (χ3n) is 1.82. The molecule has 0 unspecified atom stereocenters. The minimum Gasteiger partial charge on any atom is -0.0845 e. The fraction of sp³-hybridized carbons (Fsp3) is 0.333. The van der Waals surface area contributed by atoms with Gasteiger partial charge in [-0.15, -0.1) is 0 Å². The van der Waals surface area contributed by atoms with Crippen LogP contribution < -0.4 is 0 Å². The molecular formula is C12H16. The molecule has 0 heterocycles. The van der Waals surface area contributed by atoms with Crippen LogP contribution in [0.25, 0.3) is 0 Å². The number of hydrogen-bond acceptors (Lipinski definition) is 0. The third-order valence-corrected chi connectivity index (χ3v) is 1.82. The van der Waals surface area contributed by atoms with Crippen molar-refractivity contribution in [2.75, 3.05) is 0 Å². The van der Waals surface area contributed by atoms with Gasteiger partial charge < -0.3 is 0 Å². The molecule has 0 aliphatic heterocycles. The van der Waals surface area contributed by atoms with Crippen molar-refractivity contribution in [3.8, 4) is 0 Å². The van der Waals surface area contributed by atoms with Crippen LogP contribution >= 0.6 is 0 Å². The summed E-state index contributed by atoms with van der Waals surface area (Å²) in [5.74, 6) is 0. The lowest BCUT2D eigenvalue weighted by Crippen LogP contribution is -1.72. The van der Waals surface area contributed by atoms with Crippen molar-refractivity contribution < 1.29 is 0 Å². The highest BCUT2D eigenvalue weighted by Gasteiger charge is 1.82. The molecule has 0 N–H and O–H groups in total. The second-order valence-electron chi connectivity index (χ2n) is 2.91. The maximum absolute atomic E-state index is 2.23. The summed E-state index contributed by atoms with van der Waals surface area (Å²) in [4.78, 5) is 0. The molecule has 0 saturated carbocycles. The second-order valence-corrected chi connectivity index (χ2v) is 2.91. The minimum atomic E-state index is 1.21. The predicted octanol–water partition coefficient (Wildman–Crippen LogP) is 3.79. The molecule has 1 aliphatic carbocycles. The van der Waals surface area contributed by atoms with Crippen molar-refractivity contribution in [2.45, 2.75) is 25.7 Å². The van der Waals surface area contributed by atoms with Gasteiger partial charge in [0.15, 0.2) is 0 Å². The fourth-order valence-electron chi connectivity index (χ4n) is 1.13. The molecule has 0 spiro atoms. The van der Waals surface area contributed by atoms with E-state index in [9.17, 15) is 0 Å². The predicted molar refractivity (Wildman–Crippen MR) is 55.0 cm³/mol. The summed E-state index contributed by atoms with van der Waals surface area (Å²) >= 11 is 0. The topological polar surface area (TPSA) is 0 Å². The highest BCUT2D eigenvalue weighted by atomic mass is 13.9. The molecule has 0 fully saturated rings. The van der Waals surface area contributed by atoms with Crippen molar-refractivity contribution in [3.05, 3.63) is 48.6 Å². The summed E-state index contributed by atoms with van der Waals surface area (Å²) in [6.45, 7) is 0. The van der Waals surface area contributed by atoms with E-state index in [-0.39, 0.29) is 0 Å². The first kappa shape index (κ1) is 9.05. The van der Waals surface area contributed by atoms with Gasteiger partial charge >= 0.3 is 0 Å². The van der Waals surface area contributed by atoms with E-state index in [2.05, 4.69) is 48.6 Å². The van der Waals surface area contributed by atoms with Crippen molar-refractivity contribution in [1.29, 1.82) is 0 Å². The standard InChI is InChI=1S/C12H16/c1-2-4-6-8-10-12-11-9-7-5-3-1/h1-8H,9-12H2/b3-1-,4-2?,7-5+,8-6?. The zero-order valence-electron chi connectivity index (χ0n) is 7.45. The van der Waals surface area contributed by atoms with Crippen LogP contribution in [-0.2, 0) is 0 Å². The normalized spacial score (nSPS) is 24.0. The molecule has 0 nitrogen and oxygen atoms in total. The highest BCUT2D eigenvalue weighted by Crippen LogP contribution is 2.02. The van der Waals surface area contributed by atoms with E-state index in [1.165, 1.54) is 25.7 Å². The summed E-state index contributed by atoms with van der Waals surface area (Å²) in [6, 6.07) is 0. The molecule has 0 amide bonds. The van der Waals surface area contributed by atoms with Crippen molar-refractivity contribution in [1.82, 2.24) is 0 Å². The van der Waals surface area contributed by atoms with E-state index in [0.29, 0.717) is 0 Å². The SMILES string of the molecule is C1=C/C=C\C=C\CCCCC=C1. The van der Waals surface area contributed by atoms with Gasteiger partial charge in [-0.1, -0.05) is 48.6 Å². The zero-order chi connectivity index (χ0) is 8.49. The summed E-state index contributed by atoms with van der Waals surface area (Å²) in [6.07, 6.45) is 22.0. The Balaban J connectivity index is 2.43. The van der Waals surface area contributed by atoms with Crippen LogP contribution in [0.3, 0.4) is 0 Å². The van der Waals surface area contributed by atoms with Crippen LogP contribution in [0.15, 0.2) is 48.6 Å². The third kappa shape index (κ3) is 4.73. The van der Waals surface area contributed by atoms with E-state index >= 15 is 0 Å². The lowest BCUT2D eigenvalue weighted by Gasteiger charge is -1.92. The Labute approximate surface area is 75.0 Å². The van der Waals surface area contributed by atoms with Crippen molar-refractivity contribution in [3.63, 3.8) is 0 Å². The molecule has 0 atom stereocenters. The van der Waals surface area contributed by atoms with E-state index < -0.39 is 0 Å². The molecule has 0 saturated heterocycles. The molecule has 0 bridgehead atoms. The smallest absolute Gasteiger partial charge is 0.0347 e. The minimum absolute atomic E-state index is 1.21. The van der Waals surface area contributed by atoms with Crippen LogP contribution in [0, 0.1) is 0 Å². The molecule has 0 aromatic carbocycles. The van der Waals surface area contributed by atoms with E-state index in [1.807, 2.05) is 0 Å². The van der Waals surface area contributed by atoms with Gasteiger partial charge in [0.25, 0.3) is 0 Å². The number of allylic oxidation sites excluding steroid dienone is 8. The van der Waals surface area contributed by atoms with Crippen LogP contribution in [0.2, 0.25) is 0 Å². The van der Waals surface area contributed by atoms with Gasteiger partial charge in [-0.05, 0) is 25.7 Å². The lowest BCUT2D eigenvalue weighted by atomic mass is 10.1. The van der Waals surface area contributed by atoms with Crippen LogP contribution in [0.4, 0.5) is 0 Å². The molecule has 0 radical (unpaired) electrons. The van der Waals surface area contributed by atoms with Gasteiger partial charge in [0.05, 0.1) is 0 Å². The maximum Gasteiger partial charge on any atom is -0.0347 e. The first-order valence-electron chi connectivity index (χ1n) is 4.65. The van der Waals surface area contributed by atoms with Crippen LogP contribution in [0.1, 0.15) is 25.7 Å². The summed E-state index contributed by atoms with van der Waals surface area (Å²) in [7, 11) is 0. The lowest BCUT2D eigenvalue weighted by molar-refractivity contribution is 0.762. The van der Waals surface area contributed by atoms with E-state index in [4.69, 9.17) is 0 Å². The number of rotatable bonds is 0. The largest absolute Gasteiger partial charge is 0.0845 e. The molecule has 0 aromatic rings. The Bertz CT molecular complexity index is 180. The van der Waals surface area contributed by atoms with E-state index in [0.717, 1.165) is 0 Å². The Morgan fingerprint density at radius 1 is 0.500 bits per heavy atom. The van der Waals surface area contributed by atoms with Gasteiger partial charge in [-0.25, -0.2) is 0 Å². The molecule has 1 rings (SSSR count). The summed E-state index contributed by atoms with van der Waals surface area (Å²) in [5, 5.41) is 0. The molecule has 0 heteroatoms. The maximum atomic E-state index is 2.23. The Kier molecular flexibility index (Phi) is 5.02. The van der Waals surface area contributed by atoms with Crippen LogP contribution in [0.5, 0.6) is 0 Å². The quantitative estimate of drug-likeness (QED) is 0.506. The molecule has 64 valence electrons. The van der Waals surface area contributed by atoms with Gasteiger partial charge in [0, 0.05) is 0 Å². The van der Waals surface area contributed by atoms with Crippen molar-refractivity contribution >= 4 is 0 Å². The molecular weight excluding hydrogens is 144 g/mol. The van der Waals surface area contributed by atoms with Gasteiger partial charge in [-0.2, -0.15) is 0 Å². The number of hydrogen-bond donors (Lipinski definition) is 0. The van der Waals surface area contributed by atoms with E-state index in [1.54, 1.807) is 0 Å². The fourth-order valence-corrected chi connectivity index (χ4v) is 1.13. The highest BCUT2D eigenvalue weighted by molar-refractivity contribution is 5.15. The van der Waals surface area contributed by atoms with Gasteiger partial charge in [0.1, 0.15) is 0 Å². The van der Waals surface area contributed by atoms with Crippen molar-refractivity contribution in [2.24, 2.45) is 0 Å². The molecule has 1 aliphatic rings. The summed E-state index contributed by atoms with van der Waals surface area (Å²) in [5.41, 5.74) is 0. The first-order valence-corrected chi connectivity index (χ1v) is 4.65. The Morgan fingerprint density at radius 3 is 1.42 bits per heavy atom. The second kappa shape index (κ2) is 6.66. The molecule has 12 heavy (non-hydrogen) atoms. The monoisotopic (exact) mass is 160 g/mol. The average Bonchev–Trinajstić information content (AvgIpc) is 2.05. The van der Waals surface area contributed by atoms with Gasteiger partial charge in [-0.3, -0.25) is 0 Å².